The number of hydrogen-bond donors (Lipinski definition) is 2. The fraction of sp³-hybridized carbons (Fsp3) is 0.120. The Hall–Kier alpha value is -4.88. The molecule has 0 radical (unpaired) electrons. The molecule has 3 heterocycles. The van der Waals surface area contributed by atoms with E-state index in [1.54, 1.807) is 18.2 Å². The molecule has 0 unspecified atom stereocenters. The lowest BCUT2D eigenvalue weighted by molar-refractivity contribution is -0.137. The number of methoxy groups -OCH3 is 1. The average Bonchev–Trinajstić information content (AvgIpc) is 3.25. The quantitative estimate of drug-likeness (QED) is 0.234. The molecule has 3 aromatic heterocycles. The number of ether oxygens (including phenoxy) is 1. The Balaban J connectivity index is 1.65. The Kier molecular flexibility index (Phi) is 6.24. The fourth-order valence-corrected chi connectivity index (χ4v) is 4.07. The summed E-state index contributed by atoms with van der Waals surface area (Å²) in [5.74, 6) is -3.85. The minimum Gasteiger partial charge on any atom is -0.497 e. The van der Waals surface area contributed by atoms with E-state index in [4.69, 9.17) is 16.2 Å². The van der Waals surface area contributed by atoms with Gasteiger partial charge in [0.2, 0.25) is 0 Å². The van der Waals surface area contributed by atoms with E-state index in [9.17, 15) is 26.3 Å². The van der Waals surface area contributed by atoms with Crippen molar-refractivity contribution in [2.75, 3.05) is 18.6 Å². The van der Waals surface area contributed by atoms with Crippen LogP contribution in [0.15, 0.2) is 48.8 Å². The summed E-state index contributed by atoms with van der Waals surface area (Å²) in [7, 11) is 1.42. The number of benzene rings is 2. The van der Waals surface area contributed by atoms with Gasteiger partial charge in [0, 0.05) is 35.3 Å². The molecule has 0 bridgehead atoms. The molecular weight excluding hydrogens is 528 g/mol. The summed E-state index contributed by atoms with van der Waals surface area (Å²) in [6.07, 6.45) is -3.30. The smallest absolute Gasteiger partial charge is 0.417 e. The van der Waals surface area contributed by atoms with Crippen molar-refractivity contribution in [3.63, 3.8) is 0 Å². The predicted molar refractivity (Wildman–Crippen MR) is 129 cm³/mol. The van der Waals surface area contributed by atoms with E-state index < -0.39 is 41.2 Å². The molecule has 5 aromatic rings. The molecule has 2 aromatic carbocycles. The van der Waals surface area contributed by atoms with Gasteiger partial charge in [0.25, 0.3) is 5.95 Å². The molecule has 200 valence electrons. The second kappa shape index (κ2) is 9.45. The zero-order chi connectivity index (χ0) is 28.1. The molecule has 0 saturated heterocycles. The van der Waals surface area contributed by atoms with Crippen LogP contribution in [-0.2, 0) is 12.6 Å². The summed E-state index contributed by atoms with van der Waals surface area (Å²) < 4.78 is 88.6. The third-order valence-electron chi connectivity index (χ3n) is 5.94. The van der Waals surface area contributed by atoms with E-state index in [1.807, 2.05) is 0 Å². The highest BCUT2D eigenvalue weighted by atomic mass is 19.4. The first-order valence-corrected chi connectivity index (χ1v) is 11.1. The first kappa shape index (κ1) is 25.8. The lowest BCUT2D eigenvalue weighted by atomic mass is 10.1. The van der Waals surface area contributed by atoms with Crippen molar-refractivity contribution in [2.24, 2.45) is 0 Å². The maximum atomic E-state index is 14.4. The monoisotopic (exact) mass is 545 g/mol. The van der Waals surface area contributed by atoms with Gasteiger partial charge < -0.3 is 16.2 Å². The number of alkyl halides is 3. The molecule has 8 nitrogen and oxygen atoms in total. The molecule has 0 aliphatic carbocycles. The molecule has 0 amide bonds. The molecule has 0 atom stereocenters. The van der Waals surface area contributed by atoms with Crippen LogP contribution in [0, 0.1) is 17.5 Å². The summed E-state index contributed by atoms with van der Waals surface area (Å²) in [6.45, 7) is 0. The minimum atomic E-state index is -4.65. The van der Waals surface area contributed by atoms with Gasteiger partial charge in [-0.3, -0.25) is 4.98 Å². The zero-order valence-corrected chi connectivity index (χ0v) is 19.9. The lowest BCUT2D eigenvalue weighted by Gasteiger charge is -2.12. The Labute approximate surface area is 215 Å². The van der Waals surface area contributed by atoms with Crippen LogP contribution in [-0.4, -0.2) is 31.8 Å². The van der Waals surface area contributed by atoms with Gasteiger partial charge in [-0.1, -0.05) is 0 Å². The maximum absolute atomic E-state index is 14.4. The number of rotatable bonds is 5. The second-order valence-electron chi connectivity index (χ2n) is 8.37. The number of anilines is 2. The van der Waals surface area contributed by atoms with Gasteiger partial charge in [-0.2, -0.15) is 32.9 Å². The molecular formula is C25H17F6N7O. The number of halogens is 6. The maximum Gasteiger partial charge on any atom is 0.417 e. The van der Waals surface area contributed by atoms with Crippen molar-refractivity contribution >= 4 is 22.5 Å². The summed E-state index contributed by atoms with van der Waals surface area (Å²) >= 11 is 0. The van der Waals surface area contributed by atoms with E-state index in [1.165, 1.54) is 11.8 Å². The SMILES string of the molecule is COc1ccc2c(c1)c(Cc1c(F)ccc(F)c1F)nn2-c1nc(N)c(-c2cncc(C(F)(F)F)c2)c(N)n1. The molecule has 0 saturated carbocycles. The van der Waals surface area contributed by atoms with E-state index in [0.29, 0.717) is 28.9 Å². The van der Waals surface area contributed by atoms with Crippen LogP contribution < -0.4 is 16.2 Å². The normalized spacial score (nSPS) is 11.8. The van der Waals surface area contributed by atoms with E-state index in [0.717, 1.165) is 18.3 Å². The van der Waals surface area contributed by atoms with E-state index >= 15 is 0 Å². The van der Waals surface area contributed by atoms with Crippen molar-refractivity contribution in [1.82, 2.24) is 24.7 Å². The zero-order valence-electron chi connectivity index (χ0n) is 19.9. The third-order valence-corrected chi connectivity index (χ3v) is 5.94. The van der Waals surface area contributed by atoms with Crippen LogP contribution in [0.3, 0.4) is 0 Å². The van der Waals surface area contributed by atoms with Crippen LogP contribution in [0.2, 0.25) is 0 Å². The van der Waals surface area contributed by atoms with Gasteiger partial charge in [0.1, 0.15) is 23.2 Å². The number of nitrogen functional groups attached to an aromatic ring is 2. The minimum absolute atomic E-state index is 0.0563. The van der Waals surface area contributed by atoms with Gasteiger partial charge in [-0.15, -0.1) is 0 Å². The Morgan fingerprint density at radius 2 is 1.62 bits per heavy atom. The molecule has 14 heteroatoms. The fourth-order valence-electron chi connectivity index (χ4n) is 4.07. The van der Waals surface area contributed by atoms with E-state index in [2.05, 4.69) is 20.1 Å². The number of nitrogens with zero attached hydrogens (tertiary/aromatic N) is 5. The molecule has 39 heavy (non-hydrogen) atoms. The number of nitrogens with two attached hydrogens (primary N) is 2. The van der Waals surface area contributed by atoms with Crippen molar-refractivity contribution in [3.8, 4) is 22.8 Å². The van der Waals surface area contributed by atoms with Crippen LogP contribution in [0.1, 0.15) is 16.8 Å². The molecule has 4 N–H and O–H groups in total. The topological polar surface area (TPSA) is 118 Å². The van der Waals surface area contributed by atoms with Gasteiger partial charge >= 0.3 is 6.18 Å². The largest absolute Gasteiger partial charge is 0.497 e. The highest BCUT2D eigenvalue weighted by Crippen LogP contribution is 2.36. The number of hydrogen-bond acceptors (Lipinski definition) is 7. The Morgan fingerprint density at radius 1 is 0.923 bits per heavy atom. The first-order chi connectivity index (χ1) is 18.5. The standard InChI is InChI=1S/C25H17F6N7O/c1-39-13-2-5-19-15(7-13)18(8-14-16(26)3-4-17(27)21(14)28)37-38(19)24-35-22(32)20(23(33)36-24)11-6-12(10-34-9-11)25(29,30)31/h2-7,9-10H,8H2,1H3,(H4,32,33,35,36). The number of pyridine rings is 1. The highest BCUT2D eigenvalue weighted by molar-refractivity contribution is 5.86. The Morgan fingerprint density at radius 3 is 2.28 bits per heavy atom. The van der Waals surface area contributed by atoms with E-state index in [-0.39, 0.29) is 34.4 Å². The summed E-state index contributed by atoms with van der Waals surface area (Å²) in [5, 5.41) is 4.76. The number of aromatic nitrogens is 5. The van der Waals surface area contributed by atoms with Crippen LogP contribution in [0.5, 0.6) is 5.75 Å². The summed E-state index contributed by atoms with van der Waals surface area (Å²) in [4.78, 5) is 12.0. The second-order valence-corrected chi connectivity index (χ2v) is 8.37. The van der Waals surface area contributed by atoms with Crippen molar-refractivity contribution in [1.29, 1.82) is 0 Å². The van der Waals surface area contributed by atoms with Crippen molar-refractivity contribution in [3.05, 3.63) is 83.1 Å². The highest BCUT2D eigenvalue weighted by Gasteiger charge is 2.31. The summed E-state index contributed by atoms with van der Waals surface area (Å²) in [5.41, 5.74) is 11.0. The lowest BCUT2D eigenvalue weighted by Crippen LogP contribution is -2.11. The number of fused-ring (bicyclic) bond motifs is 1. The molecule has 5 rings (SSSR count). The van der Waals surface area contributed by atoms with Gasteiger partial charge in [0.15, 0.2) is 11.6 Å². The summed E-state index contributed by atoms with van der Waals surface area (Å²) in [6, 6.07) is 7.01. The van der Waals surface area contributed by atoms with Crippen molar-refractivity contribution in [2.45, 2.75) is 12.6 Å². The van der Waals surface area contributed by atoms with Crippen LogP contribution in [0.4, 0.5) is 38.0 Å². The third kappa shape index (κ3) is 4.64. The van der Waals surface area contributed by atoms with Gasteiger partial charge in [-0.05, 0) is 36.4 Å². The van der Waals surface area contributed by atoms with Gasteiger partial charge in [-0.25, -0.2) is 13.2 Å². The van der Waals surface area contributed by atoms with Crippen LogP contribution >= 0.6 is 0 Å². The van der Waals surface area contributed by atoms with Crippen molar-refractivity contribution < 1.29 is 31.1 Å². The first-order valence-electron chi connectivity index (χ1n) is 11.1. The Bertz CT molecular complexity index is 1710. The molecule has 0 spiro atoms. The average molecular weight is 545 g/mol. The molecule has 0 fully saturated rings. The van der Waals surface area contributed by atoms with Crippen LogP contribution in [0.25, 0.3) is 28.0 Å². The molecule has 0 aliphatic rings. The molecule has 0 aliphatic heterocycles. The predicted octanol–water partition coefficient (Wildman–Crippen LogP) is 5.08. The van der Waals surface area contributed by atoms with Gasteiger partial charge in [0.05, 0.1) is 29.4 Å².